The quantitative estimate of drug-likeness (QED) is 0.799. The summed E-state index contributed by atoms with van der Waals surface area (Å²) in [5, 5.41) is 13.1. The molecule has 3 heteroatoms. The molecule has 0 spiro atoms. The fourth-order valence-corrected chi connectivity index (χ4v) is 1.61. The van der Waals surface area contributed by atoms with Crippen molar-refractivity contribution >= 4 is 0 Å². The van der Waals surface area contributed by atoms with Crippen LogP contribution in [-0.2, 0) is 6.42 Å². The Balaban J connectivity index is 2.42. The van der Waals surface area contributed by atoms with E-state index in [2.05, 4.69) is 5.32 Å². The van der Waals surface area contributed by atoms with Gasteiger partial charge >= 0.3 is 0 Å². The number of benzene rings is 1. The van der Waals surface area contributed by atoms with Crippen molar-refractivity contribution in [3.8, 4) is 0 Å². The fraction of sp³-hybridized carbons (Fsp3) is 0.571. The first-order chi connectivity index (χ1) is 7.93. The highest BCUT2D eigenvalue weighted by atomic mass is 19.1. The molecule has 0 amide bonds. The van der Waals surface area contributed by atoms with E-state index in [0.29, 0.717) is 13.0 Å². The highest BCUT2D eigenvalue weighted by molar-refractivity contribution is 5.17. The van der Waals surface area contributed by atoms with Crippen LogP contribution in [-0.4, -0.2) is 23.3 Å². The van der Waals surface area contributed by atoms with Gasteiger partial charge in [0.1, 0.15) is 5.82 Å². The molecule has 96 valence electrons. The lowest BCUT2D eigenvalue weighted by Gasteiger charge is -2.24. The minimum atomic E-state index is -0.670. The molecule has 1 aromatic rings. The Morgan fingerprint density at radius 2 is 2.18 bits per heavy atom. The molecule has 0 aliphatic carbocycles. The largest absolute Gasteiger partial charge is 0.389 e. The lowest BCUT2D eigenvalue weighted by molar-refractivity contribution is 0.0534. The first-order valence-corrected chi connectivity index (χ1v) is 6.13. The minimum absolute atomic E-state index is 0.199. The molecule has 0 aromatic heterocycles. The van der Waals surface area contributed by atoms with Gasteiger partial charge in [-0.2, -0.15) is 0 Å². The van der Waals surface area contributed by atoms with E-state index >= 15 is 0 Å². The van der Waals surface area contributed by atoms with E-state index in [4.69, 9.17) is 0 Å². The van der Waals surface area contributed by atoms with E-state index in [-0.39, 0.29) is 11.9 Å². The van der Waals surface area contributed by atoms with Crippen molar-refractivity contribution in [1.29, 1.82) is 0 Å². The van der Waals surface area contributed by atoms with Crippen LogP contribution >= 0.6 is 0 Å². The molecular formula is C14H22FNO. The van der Waals surface area contributed by atoms with Gasteiger partial charge in [0.2, 0.25) is 0 Å². The number of nitrogens with one attached hydrogen (secondary N) is 1. The van der Waals surface area contributed by atoms with E-state index in [9.17, 15) is 9.50 Å². The molecule has 2 N–H and O–H groups in total. The Labute approximate surface area is 103 Å². The molecule has 0 aliphatic rings. The van der Waals surface area contributed by atoms with Crippen LogP contribution in [0.1, 0.15) is 32.8 Å². The van der Waals surface area contributed by atoms with Gasteiger partial charge in [0.05, 0.1) is 5.60 Å². The van der Waals surface area contributed by atoms with Crippen molar-refractivity contribution < 1.29 is 9.50 Å². The smallest absolute Gasteiger partial charge is 0.123 e. The normalized spacial score (nSPS) is 16.5. The molecule has 0 radical (unpaired) electrons. The van der Waals surface area contributed by atoms with Crippen molar-refractivity contribution in [1.82, 2.24) is 5.32 Å². The third-order valence-corrected chi connectivity index (χ3v) is 3.02. The van der Waals surface area contributed by atoms with E-state index in [1.54, 1.807) is 12.1 Å². The van der Waals surface area contributed by atoms with Crippen LogP contribution in [0.3, 0.4) is 0 Å². The monoisotopic (exact) mass is 239 g/mol. The lowest BCUT2D eigenvalue weighted by Crippen LogP contribution is -2.41. The van der Waals surface area contributed by atoms with Gasteiger partial charge < -0.3 is 10.4 Å². The predicted octanol–water partition coefficient (Wildman–Crippen LogP) is 2.51. The summed E-state index contributed by atoms with van der Waals surface area (Å²) in [4.78, 5) is 0. The van der Waals surface area contributed by atoms with Gasteiger partial charge in [-0.05, 0) is 44.4 Å². The van der Waals surface area contributed by atoms with Crippen molar-refractivity contribution in [2.75, 3.05) is 6.54 Å². The van der Waals surface area contributed by atoms with Crippen LogP contribution < -0.4 is 5.32 Å². The van der Waals surface area contributed by atoms with Gasteiger partial charge in [-0.3, -0.25) is 0 Å². The second kappa shape index (κ2) is 6.12. The average Bonchev–Trinajstić information content (AvgIpc) is 2.27. The highest BCUT2D eigenvalue weighted by Crippen LogP contribution is 2.09. The number of aliphatic hydroxyl groups is 1. The zero-order valence-electron chi connectivity index (χ0n) is 10.8. The summed E-state index contributed by atoms with van der Waals surface area (Å²) in [6, 6.07) is 6.85. The molecule has 1 rings (SSSR count). The van der Waals surface area contributed by atoms with Gasteiger partial charge in [0.25, 0.3) is 0 Å². The highest BCUT2D eigenvalue weighted by Gasteiger charge is 2.17. The van der Waals surface area contributed by atoms with Gasteiger partial charge in [-0.25, -0.2) is 4.39 Å². The summed E-state index contributed by atoms with van der Waals surface area (Å²) in [5.41, 5.74) is 0.303. The van der Waals surface area contributed by atoms with Crippen LogP contribution in [0.25, 0.3) is 0 Å². The van der Waals surface area contributed by atoms with Crippen LogP contribution in [0.2, 0.25) is 0 Å². The summed E-state index contributed by atoms with van der Waals surface area (Å²) < 4.78 is 13.0. The Morgan fingerprint density at radius 1 is 1.47 bits per heavy atom. The van der Waals surface area contributed by atoms with Crippen LogP contribution in [0, 0.1) is 5.82 Å². The second-order valence-corrected chi connectivity index (χ2v) is 4.97. The SMILES string of the molecule is CCC(C)(O)CNC(C)Cc1cccc(F)c1. The van der Waals surface area contributed by atoms with Gasteiger partial charge in [-0.15, -0.1) is 0 Å². The minimum Gasteiger partial charge on any atom is -0.389 e. The number of hydrogen-bond acceptors (Lipinski definition) is 2. The van der Waals surface area contributed by atoms with E-state index in [0.717, 1.165) is 12.0 Å². The average molecular weight is 239 g/mol. The Kier molecular flexibility index (Phi) is 5.09. The summed E-state index contributed by atoms with van der Waals surface area (Å²) in [6.45, 7) is 6.37. The first kappa shape index (κ1) is 14.1. The number of rotatable bonds is 6. The molecular weight excluding hydrogens is 217 g/mol. The van der Waals surface area contributed by atoms with E-state index in [1.807, 2.05) is 26.8 Å². The predicted molar refractivity (Wildman–Crippen MR) is 68.5 cm³/mol. The summed E-state index contributed by atoms with van der Waals surface area (Å²) in [7, 11) is 0. The number of halogens is 1. The van der Waals surface area contributed by atoms with Crippen LogP contribution in [0.4, 0.5) is 4.39 Å². The zero-order valence-corrected chi connectivity index (χ0v) is 10.8. The molecule has 0 heterocycles. The fourth-order valence-electron chi connectivity index (χ4n) is 1.61. The third kappa shape index (κ3) is 5.29. The maximum Gasteiger partial charge on any atom is 0.123 e. The Bertz CT molecular complexity index is 352. The van der Waals surface area contributed by atoms with Gasteiger partial charge in [0, 0.05) is 12.6 Å². The second-order valence-electron chi connectivity index (χ2n) is 4.97. The van der Waals surface area contributed by atoms with Crippen molar-refractivity contribution in [3.05, 3.63) is 35.6 Å². The van der Waals surface area contributed by atoms with Gasteiger partial charge in [0.15, 0.2) is 0 Å². The lowest BCUT2D eigenvalue weighted by atomic mass is 10.0. The summed E-state index contributed by atoms with van der Waals surface area (Å²) in [6.07, 6.45) is 1.48. The zero-order chi connectivity index (χ0) is 12.9. The van der Waals surface area contributed by atoms with Crippen molar-refractivity contribution in [2.45, 2.75) is 45.3 Å². The maximum atomic E-state index is 13.0. The maximum absolute atomic E-state index is 13.0. The Hall–Kier alpha value is -0.930. The first-order valence-electron chi connectivity index (χ1n) is 6.13. The molecule has 0 saturated heterocycles. The van der Waals surface area contributed by atoms with Crippen molar-refractivity contribution in [3.63, 3.8) is 0 Å². The molecule has 0 aliphatic heterocycles. The molecule has 2 unspecified atom stereocenters. The standard InChI is InChI=1S/C14H22FNO/c1-4-14(3,17)10-16-11(2)8-12-6-5-7-13(15)9-12/h5-7,9,11,16-17H,4,8,10H2,1-3H3. The topological polar surface area (TPSA) is 32.3 Å². The van der Waals surface area contributed by atoms with Crippen molar-refractivity contribution in [2.24, 2.45) is 0 Å². The third-order valence-electron chi connectivity index (χ3n) is 3.02. The summed E-state index contributed by atoms with van der Waals surface area (Å²) in [5.74, 6) is -0.199. The van der Waals surface area contributed by atoms with Crippen LogP contribution in [0.5, 0.6) is 0 Å². The molecule has 0 saturated carbocycles. The number of hydrogen-bond donors (Lipinski definition) is 2. The molecule has 2 nitrogen and oxygen atoms in total. The summed E-state index contributed by atoms with van der Waals surface area (Å²) >= 11 is 0. The molecule has 0 bridgehead atoms. The van der Waals surface area contributed by atoms with Crippen LogP contribution in [0.15, 0.2) is 24.3 Å². The molecule has 17 heavy (non-hydrogen) atoms. The molecule has 2 atom stereocenters. The van der Waals surface area contributed by atoms with Gasteiger partial charge in [-0.1, -0.05) is 19.1 Å². The molecule has 1 aromatic carbocycles. The van der Waals surface area contributed by atoms with E-state index in [1.165, 1.54) is 6.07 Å². The van der Waals surface area contributed by atoms with E-state index < -0.39 is 5.60 Å². The Morgan fingerprint density at radius 3 is 2.76 bits per heavy atom. The molecule has 0 fully saturated rings.